The number of fused-ring (bicyclic) bond motifs is 1. The fourth-order valence-corrected chi connectivity index (χ4v) is 4.29. The Balaban J connectivity index is 1.44. The molecule has 27 heavy (non-hydrogen) atoms. The van der Waals surface area contributed by atoms with Crippen molar-refractivity contribution in [3.05, 3.63) is 77.1 Å². The predicted octanol–water partition coefficient (Wildman–Crippen LogP) is 6.35. The summed E-state index contributed by atoms with van der Waals surface area (Å²) in [5.41, 5.74) is 1.94. The molecule has 4 aromatic rings. The Morgan fingerprint density at radius 2 is 1.81 bits per heavy atom. The fraction of sp³-hybridized carbons (Fsp3) is 0.0476. The smallest absolute Gasteiger partial charge is 0.236 e. The number of benzene rings is 3. The fourth-order valence-electron chi connectivity index (χ4n) is 2.74. The molecule has 3 aromatic carbocycles. The molecule has 0 aliphatic carbocycles. The Morgan fingerprint density at radius 1 is 1.04 bits per heavy atom. The zero-order chi connectivity index (χ0) is 18.6. The summed E-state index contributed by atoms with van der Waals surface area (Å²) >= 11 is 8.78. The van der Waals surface area contributed by atoms with Crippen LogP contribution in [0.2, 0.25) is 5.02 Å². The summed E-state index contributed by atoms with van der Waals surface area (Å²) in [6, 6.07) is 21.8. The summed E-state index contributed by atoms with van der Waals surface area (Å²) in [6.45, 7) is 0. The van der Waals surface area contributed by atoms with Crippen LogP contribution in [0.1, 0.15) is 0 Å². The van der Waals surface area contributed by atoms with Crippen LogP contribution in [0, 0.1) is 0 Å². The summed E-state index contributed by atoms with van der Waals surface area (Å²) in [7, 11) is 0. The summed E-state index contributed by atoms with van der Waals surface area (Å²) in [5.74, 6) is 0.249. The van der Waals surface area contributed by atoms with E-state index < -0.39 is 0 Å². The molecule has 0 radical (unpaired) electrons. The van der Waals surface area contributed by atoms with Gasteiger partial charge < -0.3 is 5.32 Å². The van der Waals surface area contributed by atoms with Crippen LogP contribution < -0.4 is 5.32 Å². The number of nitrogens with zero attached hydrogens (tertiary/aromatic N) is 1. The molecule has 0 fully saturated rings. The number of aromatic nitrogens is 1. The van der Waals surface area contributed by atoms with Crippen molar-refractivity contribution in [1.82, 2.24) is 4.98 Å². The summed E-state index contributed by atoms with van der Waals surface area (Å²) in [6.07, 6.45) is 0. The van der Waals surface area contributed by atoms with Crippen LogP contribution in [-0.2, 0) is 4.79 Å². The highest BCUT2D eigenvalue weighted by molar-refractivity contribution is 8.00. The van der Waals surface area contributed by atoms with E-state index in [-0.39, 0.29) is 5.91 Å². The number of halogens is 1. The van der Waals surface area contributed by atoms with Gasteiger partial charge in [-0.15, -0.1) is 23.1 Å². The molecule has 0 bridgehead atoms. The molecule has 0 saturated heterocycles. The molecule has 4 rings (SSSR count). The number of anilines is 1. The van der Waals surface area contributed by atoms with E-state index in [4.69, 9.17) is 11.6 Å². The van der Waals surface area contributed by atoms with Crippen LogP contribution in [0.4, 0.5) is 5.13 Å². The van der Waals surface area contributed by atoms with Crippen molar-refractivity contribution in [2.75, 3.05) is 11.1 Å². The minimum Gasteiger partial charge on any atom is -0.301 e. The molecule has 1 heterocycles. The van der Waals surface area contributed by atoms with Gasteiger partial charge in [0.2, 0.25) is 5.91 Å². The number of hydrogen-bond donors (Lipinski definition) is 1. The van der Waals surface area contributed by atoms with Gasteiger partial charge in [0.15, 0.2) is 5.13 Å². The Hall–Kier alpha value is -2.34. The molecular weight excluding hydrogens is 396 g/mol. The van der Waals surface area contributed by atoms with Crippen molar-refractivity contribution in [2.45, 2.75) is 4.90 Å². The van der Waals surface area contributed by atoms with Gasteiger partial charge in [-0.05, 0) is 35.0 Å². The quantitative estimate of drug-likeness (QED) is 0.390. The van der Waals surface area contributed by atoms with Crippen molar-refractivity contribution in [1.29, 1.82) is 0 Å². The lowest BCUT2D eigenvalue weighted by atomic mass is 10.0. The summed E-state index contributed by atoms with van der Waals surface area (Å²) < 4.78 is 0. The largest absolute Gasteiger partial charge is 0.301 e. The SMILES string of the molecule is O=C(CSc1ccc(Cl)cc1)Nc1nc(-c2cccc3ccccc23)cs1. The third kappa shape index (κ3) is 4.33. The van der Waals surface area contributed by atoms with Gasteiger partial charge in [-0.3, -0.25) is 4.79 Å². The van der Waals surface area contributed by atoms with E-state index in [0.29, 0.717) is 15.9 Å². The van der Waals surface area contributed by atoms with Gasteiger partial charge in [-0.1, -0.05) is 54.1 Å². The maximum Gasteiger partial charge on any atom is 0.236 e. The van der Waals surface area contributed by atoms with Crippen LogP contribution in [0.3, 0.4) is 0 Å². The average Bonchev–Trinajstić information content (AvgIpc) is 3.15. The first-order valence-corrected chi connectivity index (χ1v) is 10.6. The van der Waals surface area contributed by atoms with Gasteiger partial charge in [-0.25, -0.2) is 4.98 Å². The maximum atomic E-state index is 12.2. The van der Waals surface area contributed by atoms with Crippen molar-refractivity contribution in [2.24, 2.45) is 0 Å². The lowest BCUT2D eigenvalue weighted by Crippen LogP contribution is -2.13. The van der Waals surface area contributed by atoms with E-state index in [1.54, 1.807) is 0 Å². The lowest BCUT2D eigenvalue weighted by Gasteiger charge is -2.04. The number of amides is 1. The second-order valence-corrected chi connectivity index (χ2v) is 8.20. The number of nitrogens with one attached hydrogen (secondary N) is 1. The molecule has 1 N–H and O–H groups in total. The highest BCUT2D eigenvalue weighted by Crippen LogP contribution is 2.31. The highest BCUT2D eigenvalue weighted by atomic mass is 35.5. The third-order valence-electron chi connectivity index (χ3n) is 4.00. The zero-order valence-electron chi connectivity index (χ0n) is 14.2. The molecule has 0 aliphatic heterocycles. The molecule has 0 spiro atoms. The topological polar surface area (TPSA) is 42.0 Å². The van der Waals surface area contributed by atoms with E-state index in [2.05, 4.69) is 34.6 Å². The molecular formula is C21H15ClN2OS2. The van der Waals surface area contributed by atoms with Crippen molar-refractivity contribution >= 4 is 56.5 Å². The zero-order valence-corrected chi connectivity index (χ0v) is 16.6. The Kier molecular flexibility index (Phi) is 5.43. The van der Waals surface area contributed by atoms with Crippen LogP contribution in [0.15, 0.2) is 77.0 Å². The molecule has 0 unspecified atom stereocenters. The average molecular weight is 411 g/mol. The number of rotatable bonds is 5. The van der Waals surface area contributed by atoms with Gasteiger partial charge in [0, 0.05) is 20.9 Å². The van der Waals surface area contributed by atoms with Gasteiger partial charge in [0.05, 0.1) is 11.4 Å². The van der Waals surface area contributed by atoms with E-state index in [1.807, 2.05) is 47.8 Å². The van der Waals surface area contributed by atoms with E-state index in [1.165, 1.54) is 28.5 Å². The Morgan fingerprint density at radius 3 is 2.67 bits per heavy atom. The van der Waals surface area contributed by atoms with Crippen molar-refractivity contribution in [3.8, 4) is 11.3 Å². The molecule has 134 valence electrons. The second-order valence-electron chi connectivity index (χ2n) is 5.86. The van der Waals surface area contributed by atoms with E-state index in [0.717, 1.165) is 21.5 Å². The number of carbonyl (C=O) groups excluding carboxylic acids is 1. The number of thioether (sulfide) groups is 1. The van der Waals surface area contributed by atoms with Crippen molar-refractivity contribution in [3.63, 3.8) is 0 Å². The van der Waals surface area contributed by atoms with Gasteiger partial charge in [0.25, 0.3) is 0 Å². The van der Waals surface area contributed by atoms with Crippen LogP contribution >= 0.6 is 34.7 Å². The standard InChI is InChI=1S/C21H15ClN2OS2/c22-15-8-10-16(11-9-15)26-13-20(25)24-21-23-19(12-27-21)18-7-3-5-14-4-1-2-6-17(14)18/h1-12H,13H2,(H,23,24,25). The van der Waals surface area contributed by atoms with E-state index in [9.17, 15) is 4.79 Å². The van der Waals surface area contributed by atoms with Crippen LogP contribution in [-0.4, -0.2) is 16.6 Å². The van der Waals surface area contributed by atoms with Crippen LogP contribution in [0.25, 0.3) is 22.0 Å². The molecule has 0 atom stereocenters. The maximum absolute atomic E-state index is 12.2. The Bertz CT molecular complexity index is 1090. The minimum absolute atomic E-state index is 0.0752. The normalized spacial score (nSPS) is 10.9. The van der Waals surface area contributed by atoms with Gasteiger partial charge in [0.1, 0.15) is 0 Å². The molecule has 3 nitrogen and oxygen atoms in total. The van der Waals surface area contributed by atoms with Gasteiger partial charge >= 0.3 is 0 Å². The first kappa shape index (κ1) is 18.0. The van der Waals surface area contributed by atoms with Crippen LogP contribution in [0.5, 0.6) is 0 Å². The minimum atomic E-state index is -0.0752. The first-order chi connectivity index (χ1) is 13.2. The van der Waals surface area contributed by atoms with Crippen molar-refractivity contribution < 1.29 is 4.79 Å². The second kappa shape index (κ2) is 8.13. The predicted molar refractivity (Wildman–Crippen MR) is 116 cm³/mol. The third-order valence-corrected chi connectivity index (χ3v) is 6.02. The Labute approximate surface area is 170 Å². The monoisotopic (exact) mass is 410 g/mol. The highest BCUT2D eigenvalue weighted by Gasteiger charge is 2.10. The molecule has 0 aliphatic rings. The lowest BCUT2D eigenvalue weighted by molar-refractivity contribution is -0.113. The molecule has 1 amide bonds. The first-order valence-electron chi connectivity index (χ1n) is 8.31. The molecule has 6 heteroatoms. The summed E-state index contributed by atoms with van der Waals surface area (Å²) in [5, 5.41) is 8.49. The molecule has 0 saturated carbocycles. The van der Waals surface area contributed by atoms with E-state index >= 15 is 0 Å². The number of thiazole rings is 1. The summed E-state index contributed by atoms with van der Waals surface area (Å²) in [4.78, 5) is 17.8. The number of hydrogen-bond acceptors (Lipinski definition) is 4. The molecule has 1 aromatic heterocycles. The van der Waals surface area contributed by atoms with Gasteiger partial charge in [-0.2, -0.15) is 0 Å². The number of carbonyl (C=O) groups is 1.